The van der Waals surface area contributed by atoms with Crippen LogP contribution in [0.3, 0.4) is 0 Å². The maximum atomic E-state index is 14.9. The van der Waals surface area contributed by atoms with Crippen LogP contribution < -0.4 is 0 Å². The molecule has 0 spiro atoms. The van der Waals surface area contributed by atoms with E-state index in [1.54, 1.807) is 13.0 Å². The van der Waals surface area contributed by atoms with E-state index >= 15 is 0 Å². The molecule has 0 bridgehead atoms. The molecule has 48 heavy (non-hydrogen) atoms. The molecule has 258 valence electrons. The second-order valence-electron chi connectivity index (χ2n) is 13.8. The quantitative estimate of drug-likeness (QED) is 0.332. The Balaban J connectivity index is 1.38. The summed E-state index contributed by atoms with van der Waals surface area (Å²) in [5.41, 5.74) is 1.69. The minimum Gasteiger partial charge on any atom is -0.373 e. The summed E-state index contributed by atoms with van der Waals surface area (Å²) in [4.78, 5) is 40.2. The van der Waals surface area contributed by atoms with Crippen molar-refractivity contribution in [2.24, 2.45) is 10.9 Å². The van der Waals surface area contributed by atoms with Gasteiger partial charge in [-0.15, -0.1) is 0 Å². The third-order valence-electron chi connectivity index (χ3n) is 10.4. The fraction of sp³-hybridized carbons (Fsp3) is 0.528. The molecule has 2 fully saturated rings. The first-order valence-corrected chi connectivity index (χ1v) is 18.4. The lowest BCUT2D eigenvalue weighted by molar-refractivity contribution is -0.146. The molecule has 4 heterocycles. The van der Waals surface area contributed by atoms with Crippen LogP contribution in [-0.2, 0) is 15.1 Å². The normalized spacial score (nSPS) is 28.4. The highest BCUT2D eigenvalue weighted by Crippen LogP contribution is 2.57. The topological polar surface area (TPSA) is 79.7 Å². The molecule has 0 aromatic heterocycles. The fourth-order valence-corrected chi connectivity index (χ4v) is 9.71. The SMILES string of the molecule is CC[C@@H]1CC[C@@H](C(=O)N2CCN(C(C)=O)[C@H](C)C2)N1C(O)C1=C(C(C)C)N2C(=N[C@@](C)(c3ccc(Cl)c(F)c3)[C@H]2c2ccc(Cl)cc2)S1. The van der Waals surface area contributed by atoms with Crippen LogP contribution >= 0.6 is 35.0 Å². The van der Waals surface area contributed by atoms with Gasteiger partial charge in [0.05, 0.1) is 22.0 Å². The van der Waals surface area contributed by atoms with E-state index in [4.69, 9.17) is 28.2 Å². The van der Waals surface area contributed by atoms with Crippen molar-refractivity contribution >= 4 is 51.9 Å². The predicted octanol–water partition coefficient (Wildman–Crippen LogP) is 7.02. The molecule has 1 unspecified atom stereocenters. The average molecular weight is 717 g/mol. The highest BCUT2D eigenvalue weighted by atomic mass is 35.5. The van der Waals surface area contributed by atoms with Crippen LogP contribution in [0.4, 0.5) is 4.39 Å². The van der Waals surface area contributed by atoms with Crippen molar-refractivity contribution in [3.05, 3.63) is 80.1 Å². The van der Waals surface area contributed by atoms with Gasteiger partial charge in [-0.2, -0.15) is 0 Å². The van der Waals surface area contributed by atoms with Crippen LogP contribution in [-0.4, -0.2) is 85.7 Å². The van der Waals surface area contributed by atoms with Gasteiger partial charge in [0, 0.05) is 49.4 Å². The third-order valence-corrected chi connectivity index (χ3v) is 12.1. The highest BCUT2D eigenvalue weighted by molar-refractivity contribution is 8.17. The molecular weight excluding hydrogens is 672 g/mol. The zero-order chi connectivity index (χ0) is 34.7. The summed E-state index contributed by atoms with van der Waals surface area (Å²) in [5, 5.41) is 13.8. The number of carbonyl (C=O) groups is 2. The molecule has 1 N–H and O–H groups in total. The Morgan fingerprint density at radius 2 is 1.83 bits per heavy atom. The Labute approximate surface area is 296 Å². The minimum atomic E-state index is -1.02. The number of likely N-dealkylation sites (tertiary alicyclic amines) is 1. The Bertz CT molecular complexity index is 1650. The summed E-state index contributed by atoms with van der Waals surface area (Å²) < 4.78 is 14.9. The van der Waals surface area contributed by atoms with E-state index in [0.717, 1.165) is 34.2 Å². The van der Waals surface area contributed by atoms with Gasteiger partial charge in [-0.25, -0.2) is 9.38 Å². The molecule has 0 aliphatic carbocycles. The maximum Gasteiger partial charge on any atom is 0.240 e. The van der Waals surface area contributed by atoms with Crippen molar-refractivity contribution in [1.29, 1.82) is 0 Å². The van der Waals surface area contributed by atoms with E-state index in [-0.39, 0.29) is 40.9 Å². The number of carbonyl (C=O) groups excluding carboxylic acids is 2. The van der Waals surface area contributed by atoms with Crippen LogP contribution in [0.1, 0.15) is 78.0 Å². The monoisotopic (exact) mass is 715 g/mol. The van der Waals surface area contributed by atoms with E-state index in [1.807, 2.05) is 58.9 Å². The lowest BCUT2D eigenvalue weighted by Gasteiger charge is -2.42. The number of nitrogens with zero attached hydrogens (tertiary/aromatic N) is 5. The van der Waals surface area contributed by atoms with E-state index in [9.17, 15) is 19.1 Å². The third kappa shape index (κ3) is 6.06. The Morgan fingerprint density at radius 1 is 1.12 bits per heavy atom. The Hall–Kier alpha value is -2.63. The summed E-state index contributed by atoms with van der Waals surface area (Å²) in [6.07, 6.45) is 1.23. The largest absolute Gasteiger partial charge is 0.373 e. The number of fused-ring (bicyclic) bond motifs is 1. The number of aliphatic imine (C=N–C) groups is 1. The smallest absolute Gasteiger partial charge is 0.240 e. The Morgan fingerprint density at radius 3 is 2.44 bits per heavy atom. The highest BCUT2D eigenvalue weighted by Gasteiger charge is 2.55. The second kappa shape index (κ2) is 13.6. The number of amidine groups is 1. The van der Waals surface area contributed by atoms with Gasteiger partial charge in [0.25, 0.3) is 0 Å². The number of allylic oxidation sites excluding steroid dienone is 1. The van der Waals surface area contributed by atoms with E-state index < -0.39 is 23.6 Å². The first-order chi connectivity index (χ1) is 22.8. The molecule has 12 heteroatoms. The van der Waals surface area contributed by atoms with Crippen LogP contribution in [0.25, 0.3) is 0 Å². The average Bonchev–Trinajstić information content (AvgIpc) is 3.72. The van der Waals surface area contributed by atoms with Crippen LogP contribution in [0, 0.1) is 11.7 Å². The second-order valence-corrected chi connectivity index (χ2v) is 15.7. The first kappa shape index (κ1) is 35.2. The molecule has 0 saturated carbocycles. The summed E-state index contributed by atoms with van der Waals surface area (Å²) in [5.74, 6) is -0.494. The van der Waals surface area contributed by atoms with E-state index in [1.165, 1.54) is 17.8 Å². The van der Waals surface area contributed by atoms with Crippen molar-refractivity contribution in [2.75, 3.05) is 19.6 Å². The van der Waals surface area contributed by atoms with Gasteiger partial charge in [0.2, 0.25) is 11.8 Å². The van der Waals surface area contributed by atoms with Crippen molar-refractivity contribution in [3.63, 3.8) is 0 Å². The lowest BCUT2D eigenvalue weighted by Crippen LogP contribution is -2.59. The van der Waals surface area contributed by atoms with Gasteiger partial charge in [-0.05, 0) is 74.4 Å². The zero-order valence-corrected chi connectivity index (χ0v) is 30.6. The van der Waals surface area contributed by atoms with Crippen LogP contribution in [0.5, 0.6) is 0 Å². The number of thioether (sulfide) groups is 1. The summed E-state index contributed by atoms with van der Waals surface area (Å²) in [7, 11) is 0. The molecule has 8 nitrogen and oxygen atoms in total. The molecule has 4 aliphatic heterocycles. The molecule has 6 rings (SSSR count). The molecule has 2 amide bonds. The maximum absolute atomic E-state index is 14.9. The summed E-state index contributed by atoms with van der Waals surface area (Å²) >= 11 is 13.8. The molecular formula is C36H44Cl2FN5O3S. The van der Waals surface area contributed by atoms with Crippen molar-refractivity contribution in [1.82, 2.24) is 19.6 Å². The number of benzene rings is 2. The van der Waals surface area contributed by atoms with Gasteiger partial charge in [0.1, 0.15) is 17.6 Å². The van der Waals surface area contributed by atoms with Crippen molar-refractivity contribution in [3.8, 4) is 0 Å². The molecule has 2 aromatic carbocycles. The van der Waals surface area contributed by atoms with Gasteiger partial charge in [0.15, 0.2) is 5.17 Å². The molecule has 2 aromatic rings. The summed E-state index contributed by atoms with van der Waals surface area (Å²) in [6.45, 7) is 13.3. The number of amides is 2. The number of rotatable bonds is 7. The first-order valence-electron chi connectivity index (χ1n) is 16.8. The van der Waals surface area contributed by atoms with Gasteiger partial charge < -0.3 is 19.8 Å². The summed E-state index contributed by atoms with van der Waals surface area (Å²) in [6, 6.07) is 11.6. The number of aliphatic hydroxyl groups is 1. The van der Waals surface area contributed by atoms with Crippen LogP contribution in [0.2, 0.25) is 10.0 Å². The van der Waals surface area contributed by atoms with E-state index in [0.29, 0.717) is 36.6 Å². The fourth-order valence-electron chi connectivity index (χ4n) is 8.07. The number of hydrogen-bond acceptors (Lipinski definition) is 7. The van der Waals surface area contributed by atoms with Crippen molar-refractivity contribution < 1.29 is 19.1 Å². The molecule has 6 atom stereocenters. The van der Waals surface area contributed by atoms with E-state index in [2.05, 4.69) is 25.7 Å². The standard InChI is InChI=1S/C36H44Cl2FN5O3S/c1-7-26-13-15-29(33(46)41-16-17-42(22(5)45)21(4)19-41)43(26)34(47)31-30(20(2)3)44-32(23-8-11-25(37)12-9-23)36(6,40-35(44)48-31)24-10-14-27(38)28(39)18-24/h8-12,14,18,20-21,26,29,32,34,47H,7,13,15-17,19H2,1-6H3/t21-,26-,29+,32-,34?,36+/m1/s1. The molecule has 0 radical (unpaired) electrons. The Kier molecular flexibility index (Phi) is 9.97. The number of aliphatic hydroxyl groups excluding tert-OH is 1. The lowest BCUT2D eigenvalue weighted by atomic mass is 9.81. The van der Waals surface area contributed by atoms with Gasteiger partial charge >= 0.3 is 0 Å². The number of hydrogen-bond donors (Lipinski definition) is 1. The zero-order valence-electron chi connectivity index (χ0n) is 28.3. The number of piperazine rings is 1. The predicted molar refractivity (Wildman–Crippen MR) is 190 cm³/mol. The minimum absolute atomic E-state index is 0.00367. The van der Waals surface area contributed by atoms with Gasteiger partial charge in [-0.1, -0.05) is 73.9 Å². The van der Waals surface area contributed by atoms with Gasteiger partial charge in [-0.3, -0.25) is 14.5 Å². The van der Waals surface area contributed by atoms with Crippen LogP contribution in [0.15, 0.2) is 58.1 Å². The molecule has 2 saturated heterocycles. The molecule has 4 aliphatic rings. The number of halogens is 3. The van der Waals surface area contributed by atoms with Crippen molar-refractivity contribution in [2.45, 2.75) is 96.7 Å².